The molecule has 3 aliphatic rings. The molecule has 5 nitrogen and oxygen atoms in total. The molecule has 0 aromatic rings. The van der Waals surface area contributed by atoms with Gasteiger partial charge in [-0.25, -0.2) is 4.79 Å². The molecule has 5 heteroatoms. The minimum Gasteiger partial charge on any atom is -0.456 e. The van der Waals surface area contributed by atoms with Crippen LogP contribution in [-0.2, 0) is 23.7 Å². The van der Waals surface area contributed by atoms with Crippen molar-refractivity contribution in [2.45, 2.75) is 89.3 Å². The third kappa shape index (κ3) is 4.42. The van der Waals surface area contributed by atoms with Gasteiger partial charge in [-0.3, -0.25) is 0 Å². The van der Waals surface area contributed by atoms with Crippen LogP contribution in [0.3, 0.4) is 0 Å². The van der Waals surface area contributed by atoms with Crippen LogP contribution < -0.4 is 0 Å². The van der Waals surface area contributed by atoms with Gasteiger partial charge in [0, 0.05) is 18.6 Å². The van der Waals surface area contributed by atoms with Gasteiger partial charge in [-0.15, -0.1) is 0 Å². The third-order valence-corrected chi connectivity index (χ3v) is 8.10. The molecule has 3 fully saturated rings. The molecule has 0 heterocycles. The van der Waals surface area contributed by atoms with Crippen molar-refractivity contribution in [2.24, 2.45) is 17.3 Å². The summed E-state index contributed by atoms with van der Waals surface area (Å²) < 4.78 is 23.6. The zero-order chi connectivity index (χ0) is 21.0. The van der Waals surface area contributed by atoms with E-state index in [1.807, 2.05) is 0 Å². The van der Waals surface area contributed by atoms with Crippen LogP contribution in [-0.4, -0.2) is 44.3 Å². The first-order valence-corrected chi connectivity index (χ1v) is 11.5. The molecule has 3 rings (SSSR count). The summed E-state index contributed by atoms with van der Waals surface area (Å²) in [5, 5.41) is 0. The first-order chi connectivity index (χ1) is 13.9. The van der Waals surface area contributed by atoms with Crippen molar-refractivity contribution >= 4 is 5.97 Å². The van der Waals surface area contributed by atoms with E-state index in [9.17, 15) is 4.79 Å². The average Bonchev–Trinajstić information content (AvgIpc) is 2.71. The highest BCUT2D eigenvalue weighted by Crippen LogP contribution is 2.65. The highest BCUT2D eigenvalue weighted by atomic mass is 16.7. The maximum Gasteiger partial charge on any atom is 0.330 e. The molecule has 0 radical (unpaired) electrons. The predicted octanol–water partition coefficient (Wildman–Crippen LogP) is 5.03. The fraction of sp³-hybridized carbons (Fsp3) is 0.875. The van der Waals surface area contributed by atoms with E-state index in [4.69, 9.17) is 18.9 Å². The van der Waals surface area contributed by atoms with E-state index in [1.165, 1.54) is 31.8 Å². The van der Waals surface area contributed by atoms with Crippen LogP contribution in [0, 0.1) is 17.3 Å². The van der Waals surface area contributed by atoms with Gasteiger partial charge in [0.05, 0.1) is 18.8 Å². The summed E-state index contributed by atoms with van der Waals surface area (Å²) in [4.78, 5) is 12.2. The van der Waals surface area contributed by atoms with Crippen LogP contribution in [0.1, 0.15) is 78.1 Å². The van der Waals surface area contributed by atoms with Gasteiger partial charge in [0.25, 0.3) is 0 Å². The lowest BCUT2D eigenvalue weighted by Gasteiger charge is -2.65. The number of ether oxygens (including phenoxy) is 4. The van der Waals surface area contributed by atoms with Gasteiger partial charge < -0.3 is 18.9 Å². The summed E-state index contributed by atoms with van der Waals surface area (Å²) in [6.07, 6.45) is 13.0. The van der Waals surface area contributed by atoms with Gasteiger partial charge in [0.15, 0.2) is 0 Å². The van der Waals surface area contributed by atoms with E-state index < -0.39 is 5.60 Å². The average molecular weight is 409 g/mol. The van der Waals surface area contributed by atoms with Gasteiger partial charge in [0.1, 0.15) is 12.4 Å². The summed E-state index contributed by atoms with van der Waals surface area (Å²) in [5.74, 6) is 1.07. The van der Waals surface area contributed by atoms with Crippen molar-refractivity contribution in [1.29, 1.82) is 0 Å². The highest BCUT2D eigenvalue weighted by molar-refractivity contribution is 5.81. The number of methoxy groups -OCH3 is 1. The fourth-order valence-electron chi connectivity index (χ4n) is 6.69. The maximum absolute atomic E-state index is 12.2. The van der Waals surface area contributed by atoms with Gasteiger partial charge in [-0.2, -0.15) is 0 Å². The Kier molecular flexibility index (Phi) is 7.45. The smallest absolute Gasteiger partial charge is 0.330 e. The van der Waals surface area contributed by atoms with Gasteiger partial charge in [-0.05, 0) is 51.4 Å². The van der Waals surface area contributed by atoms with Crippen molar-refractivity contribution < 1.29 is 23.7 Å². The quantitative estimate of drug-likeness (QED) is 0.232. The zero-order valence-electron chi connectivity index (χ0n) is 18.7. The molecule has 29 heavy (non-hydrogen) atoms. The van der Waals surface area contributed by atoms with Gasteiger partial charge >= 0.3 is 5.97 Å². The Morgan fingerprint density at radius 3 is 2.45 bits per heavy atom. The minimum absolute atomic E-state index is 0.194. The summed E-state index contributed by atoms with van der Waals surface area (Å²) >= 11 is 0. The third-order valence-electron chi connectivity index (χ3n) is 8.10. The Morgan fingerprint density at radius 2 is 1.76 bits per heavy atom. The van der Waals surface area contributed by atoms with E-state index in [1.54, 1.807) is 7.11 Å². The van der Waals surface area contributed by atoms with Crippen LogP contribution in [0.4, 0.5) is 0 Å². The Balaban J connectivity index is 1.91. The summed E-state index contributed by atoms with van der Waals surface area (Å²) in [6.45, 7) is 9.16. The molecule has 0 aliphatic heterocycles. The molecule has 0 amide bonds. The molecule has 0 spiro atoms. The summed E-state index contributed by atoms with van der Waals surface area (Å²) in [5.41, 5.74) is -1.12. The molecule has 3 aliphatic carbocycles. The van der Waals surface area contributed by atoms with Crippen molar-refractivity contribution in [2.75, 3.05) is 27.1 Å². The fourth-order valence-corrected chi connectivity index (χ4v) is 6.69. The molecule has 4 atom stereocenters. The number of carbonyl (C=O) groups is 1. The second-order valence-electron chi connectivity index (χ2n) is 9.80. The minimum atomic E-state index is -0.617. The van der Waals surface area contributed by atoms with Crippen LogP contribution >= 0.6 is 0 Å². The lowest BCUT2D eigenvalue weighted by Crippen LogP contribution is -2.67. The molecule has 166 valence electrons. The van der Waals surface area contributed by atoms with Crippen LogP contribution in [0.15, 0.2) is 12.7 Å². The van der Waals surface area contributed by atoms with Crippen LogP contribution in [0.5, 0.6) is 0 Å². The van der Waals surface area contributed by atoms with Gasteiger partial charge in [0.2, 0.25) is 0 Å². The second-order valence-corrected chi connectivity index (χ2v) is 9.80. The Bertz CT molecular complexity index is 574. The first-order valence-electron chi connectivity index (χ1n) is 11.5. The van der Waals surface area contributed by atoms with Crippen molar-refractivity contribution in [3.8, 4) is 0 Å². The van der Waals surface area contributed by atoms with Crippen molar-refractivity contribution in [3.63, 3.8) is 0 Å². The monoisotopic (exact) mass is 408 g/mol. The SMILES string of the molecule is C=CC(=O)OC(C)(C)C12CCCCC1(OCOCCOC)CC1CCCCC1C2. The summed E-state index contributed by atoms with van der Waals surface area (Å²) in [7, 11) is 1.68. The Labute approximate surface area is 176 Å². The normalized spacial score (nSPS) is 34.7. The molecule has 0 aromatic carbocycles. The number of carbonyl (C=O) groups excluding carboxylic acids is 1. The number of hydrogen-bond acceptors (Lipinski definition) is 5. The molecule has 0 aromatic heterocycles. The lowest BCUT2D eigenvalue weighted by molar-refractivity contribution is -0.290. The lowest BCUT2D eigenvalue weighted by atomic mass is 9.45. The number of rotatable bonds is 9. The molecule has 0 N–H and O–H groups in total. The van der Waals surface area contributed by atoms with Crippen molar-refractivity contribution in [3.05, 3.63) is 12.7 Å². The van der Waals surface area contributed by atoms with E-state index >= 15 is 0 Å². The number of esters is 1. The van der Waals surface area contributed by atoms with Gasteiger partial charge in [-0.1, -0.05) is 45.1 Å². The molecular formula is C24H40O5. The van der Waals surface area contributed by atoms with E-state index in [0.29, 0.717) is 25.0 Å². The molecule has 0 bridgehead atoms. The topological polar surface area (TPSA) is 54.0 Å². The Morgan fingerprint density at radius 1 is 1.07 bits per heavy atom. The van der Waals surface area contributed by atoms with Crippen molar-refractivity contribution in [1.82, 2.24) is 0 Å². The van der Waals surface area contributed by atoms with E-state index in [0.717, 1.165) is 38.5 Å². The van der Waals surface area contributed by atoms with E-state index in [-0.39, 0.29) is 23.8 Å². The summed E-state index contributed by atoms with van der Waals surface area (Å²) in [6, 6.07) is 0. The second kappa shape index (κ2) is 9.49. The van der Waals surface area contributed by atoms with E-state index in [2.05, 4.69) is 20.4 Å². The number of fused-ring (bicyclic) bond motifs is 2. The maximum atomic E-state index is 12.2. The largest absolute Gasteiger partial charge is 0.456 e. The predicted molar refractivity (Wildman–Crippen MR) is 112 cm³/mol. The molecule has 4 unspecified atom stereocenters. The zero-order valence-corrected chi connectivity index (χ0v) is 18.7. The molecule has 3 saturated carbocycles. The van der Waals surface area contributed by atoms with Crippen LogP contribution in [0.2, 0.25) is 0 Å². The Hall–Kier alpha value is -0.910. The molecule has 0 saturated heterocycles. The number of hydrogen-bond donors (Lipinski definition) is 0. The molecular weight excluding hydrogens is 368 g/mol. The first kappa shape index (κ1) is 22.8. The standard InChI is InChI=1S/C24H40O5/c1-5-21(25)29-22(2,3)23-12-8-9-13-24(23,28-18-27-15-14-26-4)17-20-11-7-6-10-19(20)16-23/h5,19-20H,1,6-18H2,2-4H3. The van der Waals surface area contributed by atoms with Crippen LogP contribution in [0.25, 0.3) is 0 Å². The highest BCUT2D eigenvalue weighted by Gasteiger charge is 2.66.